The lowest BCUT2D eigenvalue weighted by Crippen LogP contribution is -2.34. The Kier molecular flexibility index (Phi) is 7.87. The van der Waals surface area contributed by atoms with E-state index in [1.54, 1.807) is 0 Å². The summed E-state index contributed by atoms with van der Waals surface area (Å²) in [6, 6.07) is 0. The molecule has 0 atom stereocenters. The molecule has 0 spiro atoms. The average molecular weight is 240 g/mol. The van der Waals surface area contributed by atoms with E-state index < -0.39 is 0 Å². The van der Waals surface area contributed by atoms with Gasteiger partial charge in [-0.25, -0.2) is 0 Å². The fourth-order valence-electron chi connectivity index (χ4n) is 2.90. The van der Waals surface area contributed by atoms with E-state index in [0.29, 0.717) is 5.41 Å². The highest BCUT2D eigenvalue weighted by Crippen LogP contribution is 2.34. The van der Waals surface area contributed by atoms with Crippen LogP contribution in [0.2, 0.25) is 0 Å². The van der Waals surface area contributed by atoms with Crippen molar-refractivity contribution in [2.75, 3.05) is 19.6 Å². The van der Waals surface area contributed by atoms with Crippen LogP contribution in [0.1, 0.15) is 71.1 Å². The van der Waals surface area contributed by atoms with Crippen LogP contribution in [0.5, 0.6) is 0 Å². The summed E-state index contributed by atoms with van der Waals surface area (Å²) in [5.41, 5.74) is 6.07. The molecule has 1 saturated carbocycles. The summed E-state index contributed by atoms with van der Waals surface area (Å²) >= 11 is 0. The molecule has 1 fully saturated rings. The maximum atomic E-state index is 5.48. The molecule has 1 aliphatic rings. The first-order valence-corrected chi connectivity index (χ1v) is 7.68. The Hall–Kier alpha value is -0.0800. The van der Waals surface area contributed by atoms with Crippen molar-refractivity contribution < 1.29 is 0 Å². The van der Waals surface area contributed by atoms with Crippen LogP contribution in [0.25, 0.3) is 0 Å². The second kappa shape index (κ2) is 8.93. The Morgan fingerprint density at radius 2 is 1.59 bits per heavy atom. The van der Waals surface area contributed by atoms with Gasteiger partial charge in [-0.1, -0.05) is 45.4 Å². The minimum atomic E-state index is 0.595. The summed E-state index contributed by atoms with van der Waals surface area (Å²) in [7, 11) is 0. The van der Waals surface area contributed by atoms with E-state index >= 15 is 0 Å². The lowest BCUT2D eigenvalue weighted by Gasteiger charge is -2.33. The highest BCUT2D eigenvalue weighted by Gasteiger charge is 2.25. The van der Waals surface area contributed by atoms with Crippen LogP contribution >= 0.6 is 0 Å². The fraction of sp³-hybridized carbons (Fsp3) is 1.00. The van der Waals surface area contributed by atoms with E-state index in [1.807, 2.05) is 0 Å². The molecule has 1 rings (SSSR count). The van der Waals surface area contributed by atoms with Crippen LogP contribution in [0.15, 0.2) is 0 Å². The lowest BCUT2D eigenvalue weighted by atomic mass is 9.76. The molecule has 0 radical (unpaired) electrons. The predicted molar refractivity (Wildman–Crippen MR) is 76.2 cm³/mol. The molecular weight excluding hydrogens is 208 g/mol. The molecular formula is C15H32N2. The molecule has 17 heavy (non-hydrogen) atoms. The maximum absolute atomic E-state index is 5.48. The van der Waals surface area contributed by atoms with E-state index in [0.717, 1.165) is 6.54 Å². The highest BCUT2D eigenvalue weighted by atomic mass is 14.9. The third-order valence-electron chi connectivity index (χ3n) is 4.17. The van der Waals surface area contributed by atoms with Crippen LogP contribution in [0.4, 0.5) is 0 Å². The number of nitrogens with one attached hydrogen (secondary N) is 1. The molecule has 0 aromatic heterocycles. The lowest BCUT2D eigenvalue weighted by molar-refractivity contribution is 0.208. The Balaban J connectivity index is 1.89. The van der Waals surface area contributed by atoms with Crippen molar-refractivity contribution in [3.05, 3.63) is 0 Å². The van der Waals surface area contributed by atoms with E-state index in [4.69, 9.17) is 5.73 Å². The molecule has 0 heterocycles. The molecule has 0 aromatic carbocycles. The SMILES string of the molecule is CC1(CNCCCCCCCN)CCCCC1. The molecule has 0 bridgehead atoms. The molecule has 3 N–H and O–H groups in total. The third kappa shape index (κ3) is 7.05. The number of hydrogen-bond donors (Lipinski definition) is 2. The van der Waals surface area contributed by atoms with Gasteiger partial charge in [0.15, 0.2) is 0 Å². The Labute approximate surface area is 108 Å². The first-order valence-electron chi connectivity index (χ1n) is 7.68. The number of unbranched alkanes of at least 4 members (excludes halogenated alkanes) is 4. The van der Waals surface area contributed by atoms with E-state index in [1.165, 1.54) is 77.3 Å². The van der Waals surface area contributed by atoms with Crippen molar-refractivity contribution in [1.82, 2.24) is 5.32 Å². The van der Waals surface area contributed by atoms with E-state index in [9.17, 15) is 0 Å². The van der Waals surface area contributed by atoms with Gasteiger partial charge in [0.1, 0.15) is 0 Å². The topological polar surface area (TPSA) is 38.0 Å². The van der Waals surface area contributed by atoms with Gasteiger partial charge in [-0.2, -0.15) is 0 Å². The summed E-state index contributed by atoms with van der Waals surface area (Å²) in [5.74, 6) is 0. The quantitative estimate of drug-likeness (QED) is 0.606. The Morgan fingerprint density at radius 1 is 0.941 bits per heavy atom. The molecule has 0 saturated heterocycles. The minimum Gasteiger partial charge on any atom is -0.330 e. The predicted octanol–water partition coefficient (Wildman–Crippen LogP) is 3.46. The van der Waals surface area contributed by atoms with Crippen molar-refractivity contribution in [3.8, 4) is 0 Å². The van der Waals surface area contributed by atoms with Crippen LogP contribution in [0.3, 0.4) is 0 Å². The smallest absolute Gasteiger partial charge is 0.000516 e. The minimum absolute atomic E-state index is 0.595. The second-order valence-electron chi connectivity index (χ2n) is 6.10. The zero-order chi connectivity index (χ0) is 12.4. The summed E-state index contributed by atoms with van der Waals surface area (Å²) in [6.45, 7) is 5.75. The summed E-state index contributed by atoms with van der Waals surface area (Å²) in [5, 5.41) is 3.66. The first kappa shape index (κ1) is 15.0. The zero-order valence-electron chi connectivity index (χ0n) is 11.8. The molecule has 2 heteroatoms. The molecule has 0 aromatic rings. The molecule has 0 aliphatic heterocycles. The standard InChI is InChI=1S/C15H32N2/c1-15(10-6-5-7-11-15)14-17-13-9-4-2-3-8-12-16/h17H,2-14,16H2,1H3. The van der Waals surface area contributed by atoms with Gasteiger partial charge in [0.05, 0.1) is 0 Å². The largest absolute Gasteiger partial charge is 0.330 e. The first-order chi connectivity index (χ1) is 8.27. The molecule has 1 aliphatic carbocycles. The van der Waals surface area contributed by atoms with Crippen LogP contribution in [-0.4, -0.2) is 19.6 Å². The summed E-state index contributed by atoms with van der Waals surface area (Å²) in [6.07, 6.45) is 13.8. The Morgan fingerprint density at radius 3 is 2.29 bits per heavy atom. The van der Waals surface area contributed by atoms with Gasteiger partial charge >= 0.3 is 0 Å². The van der Waals surface area contributed by atoms with Crippen LogP contribution < -0.4 is 11.1 Å². The normalized spacial score (nSPS) is 19.4. The van der Waals surface area contributed by atoms with Gasteiger partial charge in [0.25, 0.3) is 0 Å². The molecule has 0 unspecified atom stereocenters. The highest BCUT2D eigenvalue weighted by molar-refractivity contribution is 4.80. The summed E-state index contributed by atoms with van der Waals surface area (Å²) < 4.78 is 0. The van der Waals surface area contributed by atoms with Crippen molar-refractivity contribution in [2.45, 2.75) is 71.1 Å². The van der Waals surface area contributed by atoms with Gasteiger partial charge in [-0.05, 0) is 44.2 Å². The molecule has 2 nitrogen and oxygen atoms in total. The maximum Gasteiger partial charge on any atom is 0.000516 e. The monoisotopic (exact) mass is 240 g/mol. The van der Waals surface area contributed by atoms with Crippen molar-refractivity contribution >= 4 is 0 Å². The molecule has 102 valence electrons. The Bertz CT molecular complexity index is 174. The van der Waals surface area contributed by atoms with E-state index in [-0.39, 0.29) is 0 Å². The molecule has 0 amide bonds. The number of rotatable bonds is 9. The van der Waals surface area contributed by atoms with Gasteiger partial charge in [0, 0.05) is 6.54 Å². The zero-order valence-corrected chi connectivity index (χ0v) is 11.8. The van der Waals surface area contributed by atoms with Gasteiger partial charge in [0.2, 0.25) is 0 Å². The van der Waals surface area contributed by atoms with Gasteiger partial charge in [-0.3, -0.25) is 0 Å². The van der Waals surface area contributed by atoms with Crippen molar-refractivity contribution in [3.63, 3.8) is 0 Å². The number of nitrogens with two attached hydrogens (primary N) is 1. The number of hydrogen-bond acceptors (Lipinski definition) is 2. The summed E-state index contributed by atoms with van der Waals surface area (Å²) in [4.78, 5) is 0. The van der Waals surface area contributed by atoms with Gasteiger partial charge < -0.3 is 11.1 Å². The van der Waals surface area contributed by atoms with E-state index in [2.05, 4.69) is 12.2 Å². The average Bonchev–Trinajstić information content (AvgIpc) is 2.33. The van der Waals surface area contributed by atoms with Crippen molar-refractivity contribution in [2.24, 2.45) is 11.1 Å². The van der Waals surface area contributed by atoms with Crippen LogP contribution in [0, 0.1) is 5.41 Å². The van der Waals surface area contributed by atoms with Gasteiger partial charge in [-0.15, -0.1) is 0 Å². The van der Waals surface area contributed by atoms with Crippen molar-refractivity contribution in [1.29, 1.82) is 0 Å². The van der Waals surface area contributed by atoms with Crippen LogP contribution in [-0.2, 0) is 0 Å². The fourth-order valence-corrected chi connectivity index (χ4v) is 2.90. The third-order valence-corrected chi connectivity index (χ3v) is 4.17. The second-order valence-corrected chi connectivity index (χ2v) is 6.10.